The van der Waals surface area contributed by atoms with Crippen molar-refractivity contribution in [3.05, 3.63) is 41.2 Å². The number of aliphatic hydroxyl groups is 3. The third-order valence-corrected chi connectivity index (χ3v) is 4.06. The van der Waals surface area contributed by atoms with Crippen LogP contribution in [0.4, 0.5) is 0 Å². The summed E-state index contributed by atoms with van der Waals surface area (Å²) in [6.45, 7) is -0.352. The van der Waals surface area contributed by atoms with Crippen molar-refractivity contribution in [2.75, 3.05) is 6.61 Å². The molecule has 3 N–H and O–H groups in total. The average molecular weight is 293 g/mol. The van der Waals surface area contributed by atoms with Crippen LogP contribution >= 0.6 is 12.2 Å². The monoisotopic (exact) mass is 293 g/mol. The number of aliphatic hydroxyl groups excluding tert-OH is 3. The number of rotatable bonds is 2. The maximum Gasteiger partial charge on any atom is 0.163 e. The maximum atomic E-state index is 10.1. The lowest BCUT2D eigenvalue weighted by Crippen LogP contribution is -2.33. The predicted octanol–water partition coefficient (Wildman–Crippen LogP) is 0.982. The molecular weight excluding hydrogens is 278 g/mol. The third kappa shape index (κ3) is 2.06. The van der Waals surface area contributed by atoms with Gasteiger partial charge >= 0.3 is 0 Å². The van der Waals surface area contributed by atoms with E-state index < -0.39 is 24.5 Å². The van der Waals surface area contributed by atoms with Crippen molar-refractivity contribution in [3.8, 4) is 0 Å². The Morgan fingerprint density at radius 3 is 2.60 bits per heavy atom. The molecule has 3 rings (SSSR count). The molecule has 0 bridgehead atoms. The number of hydrogen-bond donors (Lipinski definition) is 3. The van der Waals surface area contributed by atoms with Crippen LogP contribution in [0, 0.1) is 4.64 Å². The molecule has 1 aliphatic rings. The van der Waals surface area contributed by atoms with Gasteiger partial charge in [-0.1, -0.05) is 36.5 Å². The van der Waals surface area contributed by atoms with Crippen molar-refractivity contribution in [3.63, 3.8) is 0 Å². The van der Waals surface area contributed by atoms with Crippen molar-refractivity contribution < 1.29 is 20.1 Å². The molecule has 2 heterocycles. The zero-order valence-electron chi connectivity index (χ0n) is 10.6. The quantitative estimate of drug-likeness (QED) is 0.720. The van der Waals surface area contributed by atoms with Gasteiger partial charge in [-0.05, 0) is 11.5 Å². The number of hydrogen-bond acceptors (Lipinski definition) is 5. The molecule has 106 valence electrons. The molecule has 1 saturated heterocycles. The highest BCUT2D eigenvalue weighted by Gasteiger charge is 2.43. The molecule has 20 heavy (non-hydrogen) atoms. The van der Waals surface area contributed by atoms with E-state index in [4.69, 9.17) is 22.1 Å². The van der Waals surface area contributed by atoms with E-state index in [9.17, 15) is 10.2 Å². The van der Waals surface area contributed by atoms with Gasteiger partial charge in [-0.15, -0.1) is 0 Å². The Labute approximate surface area is 120 Å². The molecule has 0 radical (unpaired) electrons. The first-order valence-corrected chi connectivity index (χ1v) is 6.76. The highest BCUT2D eigenvalue weighted by molar-refractivity contribution is 7.71. The van der Waals surface area contributed by atoms with Gasteiger partial charge in [-0.2, -0.15) is 0 Å². The molecule has 4 atom stereocenters. The van der Waals surface area contributed by atoms with E-state index in [2.05, 4.69) is 0 Å². The van der Waals surface area contributed by atoms with Gasteiger partial charge in [0.2, 0.25) is 0 Å². The van der Waals surface area contributed by atoms with Gasteiger partial charge in [0, 0.05) is 11.6 Å². The minimum Gasteiger partial charge on any atom is -0.394 e. The van der Waals surface area contributed by atoms with Crippen molar-refractivity contribution in [1.29, 1.82) is 0 Å². The van der Waals surface area contributed by atoms with Crippen LogP contribution in [0.5, 0.6) is 0 Å². The van der Waals surface area contributed by atoms with Crippen LogP contribution < -0.4 is 0 Å². The van der Waals surface area contributed by atoms with Gasteiger partial charge in [0.05, 0.1) is 6.61 Å². The Kier molecular flexibility index (Phi) is 3.57. The van der Waals surface area contributed by atoms with Gasteiger partial charge in [0.25, 0.3) is 0 Å². The molecule has 0 saturated carbocycles. The Balaban J connectivity index is 2.07. The van der Waals surface area contributed by atoms with E-state index in [1.54, 1.807) is 10.8 Å². The van der Waals surface area contributed by atoms with Gasteiger partial charge in [-0.25, -0.2) is 0 Å². The number of nitrogens with zero attached hydrogens (tertiary/aromatic N) is 1. The van der Waals surface area contributed by atoms with Crippen LogP contribution in [0.2, 0.25) is 0 Å². The van der Waals surface area contributed by atoms with Gasteiger partial charge in [0.15, 0.2) is 6.23 Å². The number of pyridine rings is 1. The summed E-state index contributed by atoms with van der Waals surface area (Å²) >= 11 is 5.42. The van der Waals surface area contributed by atoms with E-state index in [1.807, 2.05) is 30.3 Å². The number of aromatic nitrogens is 1. The van der Waals surface area contributed by atoms with Gasteiger partial charge in [0.1, 0.15) is 23.0 Å². The summed E-state index contributed by atoms with van der Waals surface area (Å²) in [6, 6.07) is 9.54. The van der Waals surface area contributed by atoms with Crippen LogP contribution in [0.3, 0.4) is 0 Å². The molecule has 5 nitrogen and oxygen atoms in total. The second-order valence-corrected chi connectivity index (χ2v) is 5.23. The normalized spacial score (nSPS) is 29.9. The topological polar surface area (TPSA) is 74.9 Å². The predicted molar refractivity (Wildman–Crippen MR) is 75.8 cm³/mol. The molecule has 1 aromatic carbocycles. The molecule has 0 unspecified atom stereocenters. The summed E-state index contributed by atoms with van der Waals surface area (Å²) in [5, 5.41) is 30.9. The highest BCUT2D eigenvalue weighted by atomic mass is 32.1. The van der Waals surface area contributed by atoms with E-state index in [-0.39, 0.29) is 6.61 Å². The van der Waals surface area contributed by atoms with Crippen LogP contribution in [0.15, 0.2) is 36.5 Å². The molecule has 0 aliphatic carbocycles. The molecular formula is C14H15NO4S. The van der Waals surface area contributed by atoms with Crippen LogP contribution in [-0.4, -0.2) is 44.8 Å². The average Bonchev–Trinajstić information content (AvgIpc) is 2.76. The minimum atomic E-state index is -1.13. The molecule has 1 fully saturated rings. The SMILES string of the molecule is OC[C@H]1O[C@@H](n2ccc3ccccc3c2=S)[C@@H](O)[C@@H]1O. The fraction of sp³-hybridized carbons (Fsp3) is 0.357. The first-order chi connectivity index (χ1) is 9.63. The number of fused-ring (bicyclic) bond motifs is 1. The van der Waals surface area contributed by atoms with Gasteiger partial charge < -0.3 is 24.6 Å². The largest absolute Gasteiger partial charge is 0.394 e. The lowest BCUT2D eigenvalue weighted by atomic mass is 10.1. The highest BCUT2D eigenvalue weighted by Crippen LogP contribution is 2.30. The third-order valence-electron chi connectivity index (χ3n) is 3.63. The molecule has 6 heteroatoms. The van der Waals surface area contributed by atoms with Gasteiger partial charge in [-0.3, -0.25) is 0 Å². The van der Waals surface area contributed by atoms with Crippen LogP contribution in [0.25, 0.3) is 10.8 Å². The minimum absolute atomic E-state index is 0.352. The summed E-state index contributed by atoms with van der Waals surface area (Å²) in [4.78, 5) is 0. The first kappa shape index (κ1) is 13.7. The lowest BCUT2D eigenvalue weighted by Gasteiger charge is -2.19. The molecule has 2 aromatic rings. The smallest absolute Gasteiger partial charge is 0.163 e. The number of benzene rings is 1. The summed E-state index contributed by atoms with van der Waals surface area (Å²) in [5.74, 6) is 0. The van der Waals surface area contributed by atoms with Crippen LogP contribution in [-0.2, 0) is 4.74 Å². The molecule has 0 amide bonds. The molecule has 1 aromatic heterocycles. The molecule has 1 aliphatic heterocycles. The van der Waals surface area contributed by atoms with E-state index >= 15 is 0 Å². The van der Waals surface area contributed by atoms with Crippen molar-refractivity contribution in [1.82, 2.24) is 4.57 Å². The first-order valence-electron chi connectivity index (χ1n) is 6.36. The van der Waals surface area contributed by atoms with Crippen molar-refractivity contribution >= 4 is 23.0 Å². The number of ether oxygens (including phenoxy) is 1. The second-order valence-electron chi connectivity index (χ2n) is 4.84. The fourth-order valence-electron chi connectivity index (χ4n) is 2.51. The Hall–Kier alpha value is -1.31. The summed E-state index contributed by atoms with van der Waals surface area (Å²) in [5.41, 5.74) is 0. The zero-order valence-corrected chi connectivity index (χ0v) is 11.4. The summed E-state index contributed by atoms with van der Waals surface area (Å²) in [6.07, 6.45) is -2.12. The van der Waals surface area contributed by atoms with E-state index in [0.717, 1.165) is 10.8 Å². The Morgan fingerprint density at radius 2 is 1.90 bits per heavy atom. The van der Waals surface area contributed by atoms with E-state index in [1.165, 1.54) is 0 Å². The fourth-order valence-corrected chi connectivity index (χ4v) is 2.87. The molecule has 0 spiro atoms. The second kappa shape index (κ2) is 5.23. The summed E-state index contributed by atoms with van der Waals surface area (Å²) in [7, 11) is 0. The van der Waals surface area contributed by atoms with E-state index in [0.29, 0.717) is 4.64 Å². The van der Waals surface area contributed by atoms with Crippen molar-refractivity contribution in [2.24, 2.45) is 0 Å². The Morgan fingerprint density at radius 1 is 1.15 bits per heavy atom. The Bertz CT molecular complexity index is 686. The van der Waals surface area contributed by atoms with Crippen LogP contribution in [0.1, 0.15) is 6.23 Å². The summed E-state index contributed by atoms with van der Waals surface area (Å²) < 4.78 is 7.64. The lowest BCUT2D eigenvalue weighted by molar-refractivity contribution is -0.0533. The van der Waals surface area contributed by atoms with Crippen molar-refractivity contribution in [2.45, 2.75) is 24.5 Å². The maximum absolute atomic E-state index is 10.1. The zero-order chi connectivity index (χ0) is 14.3. The standard InChI is InChI=1S/C14H15NO4S/c16-7-10-11(17)12(18)13(19-10)15-6-5-8-3-1-2-4-9(8)14(15)20/h1-6,10-13,16-18H,7H2/t10-,11-,12+,13-/m1/s1.